The molecule has 0 amide bonds. The van der Waals surface area contributed by atoms with Gasteiger partial charge in [0.15, 0.2) is 0 Å². The predicted octanol–water partition coefficient (Wildman–Crippen LogP) is 5.72. The molecule has 3 aromatic rings. The molecule has 2 aromatic carbocycles. The first-order valence-corrected chi connectivity index (χ1v) is 11.0. The van der Waals surface area contributed by atoms with Gasteiger partial charge in [-0.15, -0.1) is 0 Å². The van der Waals surface area contributed by atoms with E-state index in [1.165, 1.54) is 6.20 Å². The Kier molecular flexibility index (Phi) is 6.35. The summed E-state index contributed by atoms with van der Waals surface area (Å²) in [6.45, 7) is 0.837. The second-order valence-electron chi connectivity index (χ2n) is 7.33. The Balaban J connectivity index is 1.62. The summed E-state index contributed by atoms with van der Waals surface area (Å²) in [5, 5.41) is 10.3. The van der Waals surface area contributed by atoms with E-state index in [-0.39, 0.29) is 11.6 Å². The van der Waals surface area contributed by atoms with E-state index in [0.29, 0.717) is 29.5 Å². The zero-order valence-electron chi connectivity index (χ0n) is 16.3. The number of aryl methyl sites for hydroxylation is 2. The van der Waals surface area contributed by atoms with Gasteiger partial charge in [-0.05, 0) is 55.0 Å². The molecule has 1 unspecified atom stereocenters. The normalized spacial score (nSPS) is 16.1. The molecule has 154 valence electrons. The third kappa shape index (κ3) is 4.50. The molecular weight excluding hydrogens is 466 g/mol. The molecule has 0 bridgehead atoms. The second-order valence-corrected chi connectivity index (χ2v) is 8.62. The molecule has 1 aliphatic rings. The van der Waals surface area contributed by atoms with Gasteiger partial charge in [-0.3, -0.25) is 0 Å². The SMILES string of the molecule is O=C(O)c1cnc(N2CCCC2c2ccc(Cl)cc2)nc1CCc1ccccc1Br. The van der Waals surface area contributed by atoms with Crippen molar-refractivity contribution in [2.24, 2.45) is 0 Å². The van der Waals surface area contributed by atoms with Gasteiger partial charge in [0, 0.05) is 22.2 Å². The highest BCUT2D eigenvalue weighted by Gasteiger charge is 2.29. The first kappa shape index (κ1) is 20.8. The minimum absolute atomic E-state index is 0.160. The second kappa shape index (κ2) is 9.14. The summed E-state index contributed by atoms with van der Waals surface area (Å²) in [5.74, 6) is -0.418. The molecule has 0 aliphatic carbocycles. The Morgan fingerprint density at radius 3 is 2.67 bits per heavy atom. The Hall–Kier alpha value is -2.44. The van der Waals surface area contributed by atoms with Crippen LogP contribution in [0.4, 0.5) is 5.95 Å². The van der Waals surface area contributed by atoms with Gasteiger partial charge in [0.05, 0.1) is 17.3 Å². The van der Waals surface area contributed by atoms with Gasteiger partial charge in [0.1, 0.15) is 0 Å². The highest BCUT2D eigenvalue weighted by atomic mass is 79.9. The predicted molar refractivity (Wildman–Crippen MR) is 121 cm³/mol. The molecule has 1 aromatic heterocycles. The summed E-state index contributed by atoms with van der Waals surface area (Å²) in [4.78, 5) is 23.0. The molecule has 30 heavy (non-hydrogen) atoms. The summed E-state index contributed by atoms with van der Waals surface area (Å²) in [6, 6.07) is 16.0. The lowest BCUT2D eigenvalue weighted by molar-refractivity contribution is 0.0694. The number of hydrogen-bond acceptors (Lipinski definition) is 4. The zero-order valence-corrected chi connectivity index (χ0v) is 18.6. The van der Waals surface area contributed by atoms with Crippen LogP contribution in [-0.4, -0.2) is 27.6 Å². The number of halogens is 2. The number of anilines is 1. The summed E-state index contributed by atoms with van der Waals surface area (Å²) in [6.07, 6.45) is 4.69. The van der Waals surface area contributed by atoms with Crippen molar-refractivity contribution in [3.8, 4) is 0 Å². The fraction of sp³-hybridized carbons (Fsp3) is 0.261. The van der Waals surface area contributed by atoms with E-state index in [2.05, 4.69) is 25.8 Å². The van der Waals surface area contributed by atoms with Crippen LogP contribution in [0.1, 0.15) is 46.1 Å². The number of rotatable bonds is 6. The smallest absolute Gasteiger partial charge is 0.339 e. The van der Waals surface area contributed by atoms with Gasteiger partial charge in [-0.2, -0.15) is 0 Å². The lowest BCUT2D eigenvalue weighted by Crippen LogP contribution is -2.25. The van der Waals surface area contributed by atoms with Crippen LogP contribution >= 0.6 is 27.5 Å². The molecule has 1 aliphatic heterocycles. The van der Waals surface area contributed by atoms with Crippen LogP contribution in [0.3, 0.4) is 0 Å². The van der Waals surface area contributed by atoms with E-state index < -0.39 is 5.97 Å². The number of aromatic carboxylic acids is 1. The maximum Gasteiger partial charge on any atom is 0.339 e. The van der Waals surface area contributed by atoms with Crippen molar-refractivity contribution in [2.45, 2.75) is 31.7 Å². The molecule has 7 heteroatoms. The number of carboxylic acids is 1. The van der Waals surface area contributed by atoms with E-state index >= 15 is 0 Å². The van der Waals surface area contributed by atoms with E-state index in [1.807, 2.05) is 48.5 Å². The molecule has 5 nitrogen and oxygen atoms in total. The van der Waals surface area contributed by atoms with Crippen molar-refractivity contribution >= 4 is 39.4 Å². The van der Waals surface area contributed by atoms with Crippen molar-refractivity contribution in [1.82, 2.24) is 9.97 Å². The molecule has 1 N–H and O–H groups in total. The monoisotopic (exact) mass is 485 g/mol. The van der Waals surface area contributed by atoms with E-state index in [4.69, 9.17) is 16.6 Å². The summed E-state index contributed by atoms with van der Waals surface area (Å²) in [7, 11) is 0. The molecule has 1 saturated heterocycles. The average Bonchev–Trinajstić information content (AvgIpc) is 3.23. The molecule has 4 rings (SSSR count). The maximum absolute atomic E-state index is 11.7. The quantitative estimate of drug-likeness (QED) is 0.483. The van der Waals surface area contributed by atoms with E-state index in [9.17, 15) is 9.90 Å². The molecule has 0 saturated carbocycles. The van der Waals surface area contributed by atoms with Crippen LogP contribution in [0.2, 0.25) is 5.02 Å². The van der Waals surface area contributed by atoms with Gasteiger partial charge in [0.25, 0.3) is 0 Å². The maximum atomic E-state index is 11.7. The van der Waals surface area contributed by atoms with Crippen molar-refractivity contribution < 1.29 is 9.90 Å². The van der Waals surface area contributed by atoms with Gasteiger partial charge in [-0.1, -0.05) is 57.9 Å². The third-order valence-electron chi connectivity index (χ3n) is 5.44. The lowest BCUT2D eigenvalue weighted by Gasteiger charge is -2.25. The average molecular weight is 487 g/mol. The van der Waals surface area contributed by atoms with Crippen LogP contribution in [0.5, 0.6) is 0 Å². The molecular formula is C23H21BrClN3O2. The minimum atomic E-state index is -1.00. The Labute approximate surface area is 188 Å². The highest BCUT2D eigenvalue weighted by molar-refractivity contribution is 9.10. The van der Waals surface area contributed by atoms with Gasteiger partial charge < -0.3 is 10.0 Å². The molecule has 0 spiro atoms. The Bertz CT molecular complexity index is 1060. The molecule has 0 radical (unpaired) electrons. The zero-order chi connectivity index (χ0) is 21.1. The highest BCUT2D eigenvalue weighted by Crippen LogP contribution is 2.35. The van der Waals surface area contributed by atoms with E-state index in [0.717, 1.165) is 35.0 Å². The first-order chi connectivity index (χ1) is 14.5. The van der Waals surface area contributed by atoms with Crippen LogP contribution < -0.4 is 4.90 Å². The molecule has 1 fully saturated rings. The van der Waals surface area contributed by atoms with Crippen molar-refractivity contribution in [2.75, 3.05) is 11.4 Å². The van der Waals surface area contributed by atoms with Crippen molar-refractivity contribution in [1.29, 1.82) is 0 Å². The Morgan fingerprint density at radius 1 is 1.17 bits per heavy atom. The minimum Gasteiger partial charge on any atom is -0.478 e. The summed E-state index contributed by atoms with van der Waals surface area (Å²) < 4.78 is 1.01. The van der Waals surface area contributed by atoms with Crippen LogP contribution in [0.15, 0.2) is 59.2 Å². The fourth-order valence-electron chi connectivity index (χ4n) is 3.91. The number of carbonyl (C=O) groups is 1. The number of carboxylic acid groups (broad SMARTS) is 1. The number of hydrogen-bond donors (Lipinski definition) is 1. The van der Waals surface area contributed by atoms with Gasteiger partial charge in [-0.25, -0.2) is 14.8 Å². The summed E-state index contributed by atoms with van der Waals surface area (Å²) >= 11 is 9.60. The summed E-state index contributed by atoms with van der Waals surface area (Å²) in [5.41, 5.74) is 3.00. The van der Waals surface area contributed by atoms with Gasteiger partial charge >= 0.3 is 5.97 Å². The number of nitrogens with zero attached hydrogens (tertiary/aromatic N) is 3. The van der Waals surface area contributed by atoms with Gasteiger partial charge in [0.2, 0.25) is 5.95 Å². The standard InChI is InChI=1S/C23H21BrClN3O2/c24-19-5-2-1-4-15(19)9-12-20-18(22(29)30)14-26-23(27-20)28-13-3-6-21(28)16-7-10-17(25)11-8-16/h1-2,4-5,7-8,10-11,14,21H,3,6,9,12-13H2,(H,29,30). The lowest BCUT2D eigenvalue weighted by atomic mass is 10.0. The largest absolute Gasteiger partial charge is 0.478 e. The third-order valence-corrected chi connectivity index (χ3v) is 6.46. The van der Waals surface area contributed by atoms with Crippen molar-refractivity contribution in [3.63, 3.8) is 0 Å². The van der Waals surface area contributed by atoms with Crippen LogP contribution in [0, 0.1) is 0 Å². The Morgan fingerprint density at radius 2 is 1.93 bits per heavy atom. The van der Waals surface area contributed by atoms with Crippen LogP contribution in [-0.2, 0) is 12.8 Å². The topological polar surface area (TPSA) is 66.3 Å². The fourth-order valence-corrected chi connectivity index (χ4v) is 4.52. The van der Waals surface area contributed by atoms with Crippen molar-refractivity contribution in [3.05, 3.63) is 86.6 Å². The van der Waals surface area contributed by atoms with Crippen LogP contribution in [0.25, 0.3) is 0 Å². The number of benzene rings is 2. The molecule has 2 heterocycles. The first-order valence-electron chi connectivity index (χ1n) is 9.87. The van der Waals surface area contributed by atoms with E-state index in [1.54, 1.807) is 0 Å². The molecule has 1 atom stereocenters. The number of aromatic nitrogens is 2.